The van der Waals surface area contributed by atoms with Gasteiger partial charge in [0, 0.05) is 13.1 Å². The van der Waals surface area contributed by atoms with Gasteiger partial charge in [0.15, 0.2) is 0 Å². The molecule has 3 heteroatoms. The monoisotopic (exact) mass is 118 g/mol. The Morgan fingerprint density at radius 2 is 1.86 bits per heavy atom. The third-order valence-corrected chi connectivity index (χ3v) is 1.94. The molecule has 1 rings (SSSR count). The molecule has 0 bridgehead atoms. The third-order valence-electron chi connectivity index (χ3n) is 1.24. The van der Waals surface area contributed by atoms with Crippen LogP contribution in [0, 0.1) is 0 Å². The molecule has 0 N–H and O–H groups in total. The molecule has 1 aliphatic heterocycles. The van der Waals surface area contributed by atoms with E-state index in [1.165, 1.54) is 12.8 Å². The maximum Gasteiger partial charge on any atom is 0.420 e. The number of hydrogen-bond donors (Lipinski definition) is 0. The Bertz CT molecular complexity index is 70.1. The van der Waals surface area contributed by atoms with Gasteiger partial charge in [-0.2, -0.15) is 0 Å². The summed E-state index contributed by atoms with van der Waals surface area (Å²) in [6, 6.07) is 0. The van der Waals surface area contributed by atoms with Gasteiger partial charge in [-0.05, 0) is 12.8 Å². The average Bonchev–Trinajstić information content (AvgIpc) is 2.14. The SMILES string of the molecule is O=[PH+]N1CCCC1. The molecule has 0 aromatic heterocycles. The zero-order chi connectivity index (χ0) is 5.11. The van der Waals surface area contributed by atoms with Gasteiger partial charge in [0.05, 0.1) is 0 Å². The molecule has 1 aliphatic rings. The molecular formula is C4H9NOP+. The summed E-state index contributed by atoms with van der Waals surface area (Å²) >= 11 is 0. The summed E-state index contributed by atoms with van der Waals surface area (Å²) in [5.74, 6) is 0. The lowest BCUT2D eigenvalue weighted by Gasteiger charge is -1.87. The first-order chi connectivity index (χ1) is 3.43. The van der Waals surface area contributed by atoms with Crippen LogP contribution in [0.2, 0.25) is 0 Å². The van der Waals surface area contributed by atoms with Gasteiger partial charge in [-0.15, -0.1) is 0 Å². The standard InChI is InChI=1S/C4H8NOP/c6-7-5-3-1-2-4-5/h1-4H2/p+1. The highest BCUT2D eigenvalue weighted by atomic mass is 31.1. The lowest BCUT2D eigenvalue weighted by atomic mass is 10.4. The quantitative estimate of drug-likeness (QED) is 0.479. The predicted molar refractivity (Wildman–Crippen MR) is 29.8 cm³/mol. The Morgan fingerprint density at radius 1 is 1.29 bits per heavy atom. The van der Waals surface area contributed by atoms with Crippen LogP contribution in [0.1, 0.15) is 12.8 Å². The molecule has 0 aliphatic carbocycles. The van der Waals surface area contributed by atoms with Crippen molar-refractivity contribution < 1.29 is 4.57 Å². The Morgan fingerprint density at radius 3 is 2.14 bits per heavy atom. The van der Waals surface area contributed by atoms with E-state index in [1.54, 1.807) is 0 Å². The van der Waals surface area contributed by atoms with E-state index in [4.69, 9.17) is 0 Å². The first-order valence-electron chi connectivity index (χ1n) is 2.56. The molecule has 1 unspecified atom stereocenters. The van der Waals surface area contributed by atoms with E-state index >= 15 is 0 Å². The van der Waals surface area contributed by atoms with Crippen molar-refractivity contribution in [1.29, 1.82) is 0 Å². The Balaban J connectivity index is 2.26. The van der Waals surface area contributed by atoms with Crippen LogP contribution in [-0.4, -0.2) is 17.8 Å². The fourth-order valence-corrected chi connectivity index (χ4v) is 1.31. The van der Waals surface area contributed by atoms with Crippen molar-refractivity contribution in [2.24, 2.45) is 0 Å². The maximum atomic E-state index is 10.1. The summed E-state index contributed by atoms with van der Waals surface area (Å²) in [7, 11) is -0.205. The number of nitrogens with zero attached hydrogens (tertiary/aromatic N) is 1. The maximum absolute atomic E-state index is 10.1. The minimum absolute atomic E-state index is 0.205. The van der Waals surface area contributed by atoms with Crippen LogP contribution in [0.25, 0.3) is 0 Å². The fraction of sp³-hybridized carbons (Fsp3) is 1.00. The smallest absolute Gasteiger partial charge is 0.0987 e. The van der Waals surface area contributed by atoms with Crippen molar-refractivity contribution in [2.75, 3.05) is 13.1 Å². The molecule has 1 saturated heterocycles. The second kappa shape index (κ2) is 2.39. The molecule has 1 fully saturated rings. The summed E-state index contributed by atoms with van der Waals surface area (Å²) in [4.78, 5) is 0. The highest BCUT2D eigenvalue weighted by molar-refractivity contribution is 7.20. The molecule has 0 aromatic carbocycles. The van der Waals surface area contributed by atoms with Crippen molar-refractivity contribution in [2.45, 2.75) is 12.8 Å². The largest absolute Gasteiger partial charge is 0.420 e. The van der Waals surface area contributed by atoms with E-state index < -0.39 is 0 Å². The first-order valence-corrected chi connectivity index (χ1v) is 3.42. The van der Waals surface area contributed by atoms with Gasteiger partial charge in [0.25, 0.3) is 0 Å². The molecular weight excluding hydrogens is 109 g/mol. The van der Waals surface area contributed by atoms with Crippen molar-refractivity contribution in [3.63, 3.8) is 0 Å². The minimum atomic E-state index is -0.205. The summed E-state index contributed by atoms with van der Waals surface area (Å²) in [5, 5.41) is 0. The van der Waals surface area contributed by atoms with Gasteiger partial charge in [-0.1, -0.05) is 9.24 Å². The molecule has 2 nitrogen and oxygen atoms in total. The van der Waals surface area contributed by atoms with Crippen molar-refractivity contribution in [1.82, 2.24) is 4.67 Å². The van der Waals surface area contributed by atoms with Gasteiger partial charge in [0.2, 0.25) is 0 Å². The van der Waals surface area contributed by atoms with E-state index in [0.29, 0.717) is 0 Å². The second-order valence-electron chi connectivity index (χ2n) is 1.79. The predicted octanol–water partition coefficient (Wildman–Crippen LogP) is 1.02. The summed E-state index contributed by atoms with van der Waals surface area (Å²) < 4.78 is 12.0. The summed E-state index contributed by atoms with van der Waals surface area (Å²) in [5.41, 5.74) is 0. The van der Waals surface area contributed by atoms with Crippen LogP contribution < -0.4 is 0 Å². The topological polar surface area (TPSA) is 20.3 Å². The van der Waals surface area contributed by atoms with Crippen LogP contribution in [0.4, 0.5) is 0 Å². The number of hydrogen-bond acceptors (Lipinski definition) is 1. The van der Waals surface area contributed by atoms with Crippen LogP contribution in [0.3, 0.4) is 0 Å². The lowest BCUT2D eigenvalue weighted by molar-refractivity contribution is 0.511. The molecule has 0 saturated carbocycles. The van der Waals surface area contributed by atoms with Crippen LogP contribution in [-0.2, 0) is 4.57 Å². The van der Waals surface area contributed by atoms with Crippen molar-refractivity contribution in [3.05, 3.63) is 0 Å². The van der Waals surface area contributed by atoms with Gasteiger partial charge in [-0.3, -0.25) is 0 Å². The Hall–Kier alpha value is 0.0600. The fourth-order valence-electron chi connectivity index (χ4n) is 0.808. The molecule has 0 aromatic rings. The molecule has 0 spiro atoms. The minimum Gasteiger partial charge on any atom is -0.0987 e. The Kier molecular flexibility index (Phi) is 1.77. The van der Waals surface area contributed by atoms with Gasteiger partial charge >= 0.3 is 8.61 Å². The molecule has 0 radical (unpaired) electrons. The molecule has 1 atom stereocenters. The van der Waals surface area contributed by atoms with Gasteiger partial charge in [0.1, 0.15) is 0 Å². The first kappa shape index (κ1) is 5.20. The normalized spacial score (nSPS) is 24.0. The van der Waals surface area contributed by atoms with Gasteiger partial charge in [-0.25, -0.2) is 0 Å². The van der Waals surface area contributed by atoms with Crippen LogP contribution in [0.5, 0.6) is 0 Å². The zero-order valence-electron chi connectivity index (χ0n) is 4.18. The van der Waals surface area contributed by atoms with Crippen LogP contribution in [0.15, 0.2) is 0 Å². The van der Waals surface area contributed by atoms with E-state index in [1.807, 2.05) is 4.67 Å². The third kappa shape index (κ3) is 1.22. The molecule has 7 heavy (non-hydrogen) atoms. The summed E-state index contributed by atoms with van der Waals surface area (Å²) in [6.45, 7) is 2.09. The van der Waals surface area contributed by atoms with E-state index in [9.17, 15) is 4.57 Å². The van der Waals surface area contributed by atoms with Gasteiger partial charge < -0.3 is 0 Å². The molecule has 40 valence electrons. The highest BCUT2D eigenvalue weighted by Crippen LogP contribution is 2.14. The summed E-state index contributed by atoms with van der Waals surface area (Å²) in [6.07, 6.45) is 2.46. The second-order valence-corrected chi connectivity index (χ2v) is 2.60. The highest BCUT2D eigenvalue weighted by Gasteiger charge is 2.15. The van der Waals surface area contributed by atoms with E-state index in [-0.39, 0.29) is 8.61 Å². The number of rotatable bonds is 1. The zero-order valence-corrected chi connectivity index (χ0v) is 5.18. The lowest BCUT2D eigenvalue weighted by Crippen LogP contribution is -2.03. The van der Waals surface area contributed by atoms with E-state index in [0.717, 1.165) is 13.1 Å². The van der Waals surface area contributed by atoms with E-state index in [2.05, 4.69) is 0 Å². The Labute approximate surface area is 44.8 Å². The molecule has 1 heterocycles. The molecule has 0 amide bonds. The van der Waals surface area contributed by atoms with Crippen molar-refractivity contribution >= 4 is 8.61 Å². The van der Waals surface area contributed by atoms with Crippen molar-refractivity contribution in [3.8, 4) is 0 Å². The average molecular weight is 118 g/mol. The van der Waals surface area contributed by atoms with Crippen LogP contribution >= 0.6 is 8.61 Å².